The van der Waals surface area contributed by atoms with Crippen molar-refractivity contribution in [3.8, 4) is 0 Å². The second-order valence-electron chi connectivity index (χ2n) is 2.28. The molecule has 4 nitrogen and oxygen atoms in total. The fourth-order valence-electron chi connectivity index (χ4n) is 0.550. The lowest BCUT2D eigenvalue weighted by Gasteiger charge is -2.16. The smallest absolute Gasteiger partial charge is 0.250 e. The van der Waals surface area contributed by atoms with Gasteiger partial charge in [0.1, 0.15) is 0 Å². The summed E-state index contributed by atoms with van der Waals surface area (Å²) in [4.78, 5) is 11.0. The van der Waals surface area contributed by atoms with Crippen LogP contribution < -0.4 is 5.32 Å². The molecule has 0 heterocycles. The van der Waals surface area contributed by atoms with Gasteiger partial charge in [-0.1, -0.05) is 6.58 Å². The van der Waals surface area contributed by atoms with Gasteiger partial charge in [-0.2, -0.15) is 0 Å². The zero-order valence-corrected chi connectivity index (χ0v) is 7.72. The maximum Gasteiger partial charge on any atom is 0.250 e. The molecule has 0 aliphatic rings. The van der Waals surface area contributed by atoms with E-state index in [0.29, 0.717) is 12.2 Å². The van der Waals surface area contributed by atoms with Gasteiger partial charge in [0.05, 0.1) is 0 Å². The highest BCUT2D eigenvalue weighted by Crippen LogP contribution is 1.92. The highest BCUT2D eigenvalue weighted by molar-refractivity contribution is 5.92. The van der Waals surface area contributed by atoms with Crippen molar-refractivity contribution in [1.29, 1.82) is 0 Å². The number of amides is 1. The molecule has 0 aromatic heterocycles. The van der Waals surface area contributed by atoms with Gasteiger partial charge in [0.25, 0.3) is 0 Å². The molecule has 0 aliphatic heterocycles. The van der Waals surface area contributed by atoms with E-state index < -0.39 is 6.41 Å². The number of hydrogen-bond acceptors (Lipinski definition) is 3. The lowest BCUT2D eigenvalue weighted by Crippen LogP contribution is -2.38. The van der Waals surface area contributed by atoms with Crippen molar-refractivity contribution in [2.75, 3.05) is 13.7 Å². The predicted molar refractivity (Wildman–Crippen MR) is 45.4 cm³/mol. The maximum atomic E-state index is 11.0. The molecule has 1 unspecified atom stereocenters. The summed E-state index contributed by atoms with van der Waals surface area (Å²) in [5.74, 6) is -0.268. The number of carbonyl (C=O) groups excluding carboxylic acids is 1. The van der Waals surface area contributed by atoms with Gasteiger partial charge in [0, 0.05) is 19.3 Å². The summed E-state index contributed by atoms with van der Waals surface area (Å²) in [6.07, 6.45) is -0.681. The van der Waals surface area contributed by atoms with Crippen LogP contribution in [0.5, 0.6) is 0 Å². The molecule has 0 bridgehead atoms. The monoisotopic (exact) mass is 173 g/mol. The fraction of sp³-hybridized carbons (Fsp3) is 0.625. The molecule has 0 aromatic carbocycles. The molecular weight excluding hydrogens is 158 g/mol. The molecule has 0 radical (unpaired) electrons. The van der Waals surface area contributed by atoms with E-state index in [1.54, 1.807) is 6.92 Å². The predicted octanol–water partition coefficient (Wildman–Crippen LogP) is 0.645. The fourth-order valence-corrected chi connectivity index (χ4v) is 0.550. The molecule has 70 valence electrons. The van der Waals surface area contributed by atoms with Crippen molar-refractivity contribution in [3.63, 3.8) is 0 Å². The highest BCUT2D eigenvalue weighted by atomic mass is 16.7. The number of rotatable bonds is 5. The second-order valence-corrected chi connectivity index (χ2v) is 2.28. The first kappa shape index (κ1) is 11.1. The molecule has 0 saturated heterocycles. The van der Waals surface area contributed by atoms with Crippen molar-refractivity contribution in [2.45, 2.75) is 20.3 Å². The average Bonchev–Trinajstić information content (AvgIpc) is 2.03. The van der Waals surface area contributed by atoms with Crippen molar-refractivity contribution in [3.05, 3.63) is 12.2 Å². The lowest BCUT2D eigenvalue weighted by atomic mass is 10.3. The number of methoxy groups -OCH3 is 1. The molecule has 0 saturated carbocycles. The van der Waals surface area contributed by atoms with Crippen molar-refractivity contribution in [1.82, 2.24) is 5.32 Å². The molecular formula is C8H15NO3. The summed E-state index contributed by atoms with van der Waals surface area (Å²) in [5, 5.41) is 2.48. The molecule has 1 atom stereocenters. The van der Waals surface area contributed by atoms with Crippen LogP contribution in [0.15, 0.2) is 12.2 Å². The number of carbonyl (C=O) groups is 1. The first-order chi connectivity index (χ1) is 5.61. The Morgan fingerprint density at radius 2 is 2.25 bits per heavy atom. The summed E-state index contributed by atoms with van der Waals surface area (Å²) >= 11 is 0. The average molecular weight is 173 g/mol. The van der Waals surface area contributed by atoms with Gasteiger partial charge in [0.2, 0.25) is 12.3 Å². The quantitative estimate of drug-likeness (QED) is 0.490. The third kappa shape index (κ3) is 4.10. The molecule has 4 heteroatoms. The van der Waals surface area contributed by atoms with Crippen LogP contribution in [0.2, 0.25) is 0 Å². The molecule has 1 amide bonds. The van der Waals surface area contributed by atoms with Gasteiger partial charge < -0.3 is 14.8 Å². The largest absolute Gasteiger partial charge is 0.339 e. The van der Waals surface area contributed by atoms with E-state index in [4.69, 9.17) is 9.47 Å². The highest BCUT2D eigenvalue weighted by Gasteiger charge is 2.10. The van der Waals surface area contributed by atoms with Crippen LogP contribution in [-0.4, -0.2) is 26.0 Å². The summed E-state index contributed by atoms with van der Waals surface area (Å²) < 4.78 is 9.83. The normalized spacial score (nSPS) is 12.2. The van der Waals surface area contributed by atoms with Crippen molar-refractivity contribution >= 4 is 5.91 Å². The second kappa shape index (κ2) is 5.74. The lowest BCUT2D eigenvalue weighted by molar-refractivity contribution is -0.154. The van der Waals surface area contributed by atoms with E-state index >= 15 is 0 Å². The molecule has 12 heavy (non-hydrogen) atoms. The Hall–Kier alpha value is -0.870. The molecule has 0 spiro atoms. The number of ether oxygens (including phenoxy) is 2. The molecule has 0 aliphatic carbocycles. The van der Waals surface area contributed by atoms with Crippen LogP contribution in [0.1, 0.15) is 13.8 Å². The first-order valence-corrected chi connectivity index (χ1v) is 3.72. The van der Waals surface area contributed by atoms with E-state index in [1.165, 1.54) is 7.11 Å². The van der Waals surface area contributed by atoms with E-state index in [9.17, 15) is 4.79 Å². The third-order valence-electron chi connectivity index (χ3n) is 1.17. The van der Waals surface area contributed by atoms with Crippen molar-refractivity contribution in [2.24, 2.45) is 0 Å². The SMILES string of the molecule is C=C(C)C(=O)NC(OC)OCC. The molecule has 0 rings (SSSR count). The standard InChI is InChI=1S/C8H15NO3/c1-5-12-8(11-4)9-7(10)6(2)3/h8H,2,5H2,1,3-4H3,(H,9,10). The van der Waals surface area contributed by atoms with E-state index in [2.05, 4.69) is 11.9 Å². The Balaban J connectivity index is 3.85. The van der Waals surface area contributed by atoms with Crippen molar-refractivity contribution < 1.29 is 14.3 Å². The minimum atomic E-state index is -0.681. The first-order valence-electron chi connectivity index (χ1n) is 3.72. The topological polar surface area (TPSA) is 47.6 Å². The van der Waals surface area contributed by atoms with E-state index in [0.717, 1.165) is 0 Å². The Morgan fingerprint density at radius 1 is 1.67 bits per heavy atom. The Morgan fingerprint density at radius 3 is 2.58 bits per heavy atom. The zero-order valence-electron chi connectivity index (χ0n) is 7.72. The van der Waals surface area contributed by atoms with Crippen LogP contribution in [-0.2, 0) is 14.3 Å². The summed E-state index contributed by atoms with van der Waals surface area (Å²) in [6, 6.07) is 0. The van der Waals surface area contributed by atoms with Crippen LogP contribution >= 0.6 is 0 Å². The minimum Gasteiger partial charge on any atom is -0.339 e. The maximum absolute atomic E-state index is 11.0. The Bertz CT molecular complexity index is 168. The summed E-state index contributed by atoms with van der Waals surface area (Å²) in [7, 11) is 1.46. The Labute approximate surface area is 72.5 Å². The van der Waals surface area contributed by atoms with Gasteiger partial charge in [-0.3, -0.25) is 4.79 Å². The van der Waals surface area contributed by atoms with E-state index in [1.807, 2.05) is 6.92 Å². The Kier molecular flexibility index (Phi) is 5.32. The number of hydrogen-bond donors (Lipinski definition) is 1. The molecule has 1 N–H and O–H groups in total. The van der Waals surface area contributed by atoms with E-state index in [-0.39, 0.29) is 5.91 Å². The van der Waals surface area contributed by atoms with Crippen LogP contribution in [0.4, 0.5) is 0 Å². The zero-order chi connectivity index (χ0) is 9.56. The van der Waals surface area contributed by atoms with Gasteiger partial charge in [-0.15, -0.1) is 0 Å². The summed E-state index contributed by atoms with van der Waals surface area (Å²) in [6.45, 7) is 7.40. The molecule has 0 aromatic rings. The van der Waals surface area contributed by atoms with Gasteiger partial charge in [-0.05, 0) is 13.8 Å². The van der Waals surface area contributed by atoms with Crippen LogP contribution in [0, 0.1) is 0 Å². The van der Waals surface area contributed by atoms with Gasteiger partial charge in [-0.25, -0.2) is 0 Å². The van der Waals surface area contributed by atoms with Crippen LogP contribution in [0.25, 0.3) is 0 Å². The van der Waals surface area contributed by atoms with Gasteiger partial charge >= 0.3 is 0 Å². The van der Waals surface area contributed by atoms with Crippen LogP contribution in [0.3, 0.4) is 0 Å². The summed E-state index contributed by atoms with van der Waals surface area (Å²) in [5.41, 5.74) is 0.428. The third-order valence-corrected chi connectivity index (χ3v) is 1.17. The number of nitrogens with one attached hydrogen (secondary N) is 1. The molecule has 0 fully saturated rings. The van der Waals surface area contributed by atoms with Gasteiger partial charge in [0.15, 0.2) is 0 Å². The minimum absolute atomic E-state index is 0.268.